The minimum absolute atomic E-state index is 0.241. The van der Waals surface area contributed by atoms with Crippen LogP contribution < -0.4 is 14.7 Å². The van der Waals surface area contributed by atoms with Gasteiger partial charge in [-0.25, -0.2) is 0 Å². The Bertz CT molecular complexity index is 598. The second-order valence-corrected chi connectivity index (χ2v) is 3.89. The molecule has 1 aromatic rings. The van der Waals surface area contributed by atoms with Crippen LogP contribution in [0, 0.1) is 0 Å². The Morgan fingerprint density at radius 3 is 2.71 bits per heavy atom. The van der Waals surface area contributed by atoms with E-state index < -0.39 is 28.7 Å². The first-order chi connectivity index (χ1) is 8.88. The standard InChI is InChI=1S/C9H13NO6S/c1-15-9-4-6(7(11)5-10)2-3-8(9)16-17(12,13)14/h2-4,7,11H,5,10H2,1H3,(H,12,13,14)/i5D2,7D. The van der Waals surface area contributed by atoms with E-state index in [1.807, 2.05) is 0 Å². The molecule has 8 heteroatoms. The third kappa shape index (κ3) is 3.86. The molecule has 17 heavy (non-hydrogen) atoms. The van der Waals surface area contributed by atoms with Crippen molar-refractivity contribution in [3.05, 3.63) is 23.8 Å². The lowest BCUT2D eigenvalue weighted by atomic mass is 10.1. The van der Waals surface area contributed by atoms with E-state index in [2.05, 4.69) is 4.18 Å². The van der Waals surface area contributed by atoms with Gasteiger partial charge < -0.3 is 19.8 Å². The van der Waals surface area contributed by atoms with E-state index in [-0.39, 0.29) is 11.3 Å². The molecule has 0 bridgehead atoms. The predicted molar refractivity (Wildman–Crippen MR) is 59.2 cm³/mol. The summed E-state index contributed by atoms with van der Waals surface area (Å²) in [7, 11) is -3.63. The Hall–Kier alpha value is -1.35. The Morgan fingerprint density at radius 2 is 2.24 bits per heavy atom. The van der Waals surface area contributed by atoms with Crippen LogP contribution in [0.2, 0.25) is 0 Å². The molecule has 1 atom stereocenters. The summed E-state index contributed by atoms with van der Waals surface area (Å²) in [4.78, 5) is 0. The Kier molecular flexibility index (Phi) is 3.02. The maximum Gasteiger partial charge on any atom is 0.446 e. The van der Waals surface area contributed by atoms with Crippen molar-refractivity contribution in [2.24, 2.45) is 5.73 Å². The van der Waals surface area contributed by atoms with Crippen LogP contribution in [-0.4, -0.2) is 31.7 Å². The molecule has 0 aromatic heterocycles. The molecule has 1 unspecified atom stereocenters. The molecule has 0 fully saturated rings. The van der Waals surface area contributed by atoms with Gasteiger partial charge in [-0.05, 0) is 17.7 Å². The summed E-state index contributed by atoms with van der Waals surface area (Å²) in [6.45, 7) is -2.77. The highest BCUT2D eigenvalue weighted by Crippen LogP contribution is 2.30. The van der Waals surface area contributed by atoms with Crippen molar-refractivity contribution in [1.82, 2.24) is 0 Å². The van der Waals surface area contributed by atoms with Crippen LogP contribution in [0.4, 0.5) is 0 Å². The first kappa shape index (κ1) is 9.66. The van der Waals surface area contributed by atoms with Crippen LogP contribution in [0.5, 0.6) is 11.5 Å². The average Bonchev–Trinajstić information content (AvgIpc) is 2.25. The van der Waals surface area contributed by atoms with E-state index in [0.717, 1.165) is 25.3 Å². The molecule has 0 aliphatic rings. The molecule has 0 radical (unpaired) electrons. The first-order valence-electron chi connectivity index (χ1n) is 5.75. The lowest BCUT2D eigenvalue weighted by Gasteiger charge is -2.12. The molecule has 0 saturated carbocycles. The van der Waals surface area contributed by atoms with E-state index in [1.54, 1.807) is 0 Å². The number of benzene rings is 1. The second kappa shape index (κ2) is 5.32. The van der Waals surface area contributed by atoms with Gasteiger partial charge in [0, 0.05) is 9.24 Å². The second-order valence-electron chi connectivity index (χ2n) is 2.87. The quantitative estimate of drug-likeness (QED) is 0.635. The normalized spacial score (nSPS) is 18.5. The van der Waals surface area contributed by atoms with E-state index >= 15 is 0 Å². The molecule has 0 heterocycles. The van der Waals surface area contributed by atoms with Crippen LogP contribution in [0.15, 0.2) is 18.2 Å². The summed E-state index contributed by atoms with van der Waals surface area (Å²) < 4.78 is 60.7. The van der Waals surface area contributed by atoms with E-state index in [4.69, 9.17) is 19.1 Å². The highest BCUT2D eigenvalue weighted by atomic mass is 32.3. The summed E-state index contributed by atoms with van der Waals surface area (Å²) in [5.41, 5.74) is 4.78. The fourth-order valence-corrected chi connectivity index (χ4v) is 1.45. The molecular formula is C9H13NO6S. The SMILES string of the molecule is [2H]C([2H])(N)C([2H])(O)c1ccc(OS(=O)(=O)O)c(OC)c1. The topological polar surface area (TPSA) is 119 Å². The van der Waals surface area contributed by atoms with Gasteiger partial charge in [-0.2, -0.15) is 8.42 Å². The van der Waals surface area contributed by atoms with Gasteiger partial charge >= 0.3 is 10.4 Å². The number of hydrogen-bond acceptors (Lipinski definition) is 6. The summed E-state index contributed by atoms with van der Waals surface area (Å²) in [5.74, 6) is -0.637. The molecule has 0 spiro atoms. The van der Waals surface area contributed by atoms with Gasteiger partial charge in [0.15, 0.2) is 11.5 Å². The van der Waals surface area contributed by atoms with Gasteiger partial charge in [-0.1, -0.05) is 6.07 Å². The first-order valence-corrected chi connectivity index (χ1v) is 5.61. The molecule has 4 N–H and O–H groups in total. The van der Waals surface area contributed by atoms with E-state index in [1.165, 1.54) is 0 Å². The monoisotopic (exact) mass is 266 g/mol. The van der Waals surface area contributed by atoms with Crippen LogP contribution in [0.25, 0.3) is 0 Å². The largest absolute Gasteiger partial charge is 0.493 e. The Balaban J connectivity index is 3.30. The number of aliphatic hydroxyl groups is 1. The number of methoxy groups -OCH3 is 1. The van der Waals surface area contributed by atoms with Gasteiger partial charge in [0.1, 0.15) is 0 Å². The van der Waals surface area contributed by atoms with Crippen LogP contribution in [0.3, 0.4) is 0 Å². The van der Waals surface area contributed by atoms with Crippen molar-refractivity contribution in [3.63, 3.8) is 0 Å². The van der Waals surface area contributed by atoms with Crippen molar-refractivity contribution in [2.45, 2.75) is 6.08 Å². The number of rotatable bonds is 5. The number of hydrogen-bond donors (Lipinski definition) is 3. The van der Waals surface area contributed by atoms with Gasteiger partial charge in [-0.15, -0.1) is 0 Å². The zero-order valence-electron chi connectivity index (χ0n) is 11.7. The Labute approximate surface area is 103 Å². The van der Waals surface area contributed by atoms with Crippen molar-refractivity contribution in [3.8, 4) is 11.5 Å². The minimum atomic E-state index is -4.77. The fraction of sp³-hybridized carbons (Fsp3) is 0.333. The predicted octanol–water partition coefficient (Wildman–Crippen LogP) is -0.131. The smallest absolute Gasteiger partial charge is 0.446 e. The van der Waals surface area contributed by atoms with Crippen LogP contribution in [-0.2, 0) is 10.4 Å². The van der Waals surface area contributed by atoms with Crippen molar-refractivity contribution in [1.29, 1.82) is 0 Å². The molecule has 0 aliphatic heterocycles. The zero-order chi connectivity index (χ0) is 15.8. The third-order valence-electron chi connectivity index (χ3n) is 1.77. The average molecular weight is 266 g/mol. The highest BCUT2D eigenvalue weighted by molar-refractivity contribution is 7.81. The number of nitrogens with two attached hydrogens (primary N) is 1. The van der Waals surface area contributed by atoms with Crippen molar-refractivity contribution >= 4 is 10.4 Å². The summed E-state index contributed by atoms with van der Waals surface area (Å²) >= 11 is 0. The molecule has 0 aliphatic carbocycles. The maximum atomic E-state index is 10.6. The molecule has 1 rings (SSSR count). The van der Waals surface area contributed by atoms with Gasteiger partial charge in [0.2, 0.25) is 0 Å². The van der Waals surface area contributed by atoms with Crippen molar-refractivity contribution < 1.29 is 31.1 Å². The maximum absolute atomic E-state index is 10.6. The minimum Gasteiger partial charge on any atom is -0.493 e. The third-order valence-corrected chi connectivity index (χ3v) is 2.16. The highest BCUT2D eigenvalue weighted by Gasteiger charge is 2.15. The molecular weight excluding hydrogens is 250 g/mol. The number of ether oxygens (including phenoxy) is 1. The van der Waals surface area contributed by atoms with E-state index in [9.17, 15) is 13.5 Å². The fourth-order valence-electron chi connectivity index (χ4n) is 1.08. The molecule has 0 amide bonds. The Morgan fingerprint density at radius 1 is 1.59 bits per heavy atom. The van der Waals surface area contributed by atoms with Crippen LogP contribution in [0.1, 0.15) is 15.8 Å². The van der Waals surface area contributed by atoms with Gasteiger partial charge in [-0.3, -0.25) is 4.55 Å². The molecule has 0 saturated heterocycles. The lowest BCUT2D eigenvalue weighted by molar-refractivity contribution is 0.186. The summed E-state index contributed by atoms with van der Waals surface area (Å²) in [5, 5.41) is 9.77. The van der Waals surface area contributed by atoms with E-state index in [0.29, 0.717) is 0 Å². The molecule has 7 nitrogen and oxygen atoms in total. The molecule has 96 valence electrons. The summed E-state index contributed by atoms with van der Waals surface area (Å²) in [6.07, 6.45) is -2.79. The molecule has 1 aromatic carbocycles. The summed E-state index contributed by atoms with van der Waals surface area (Å²) in [6, 6.07) is 2.96. The van der Waals surface area contributed by atoms with Gasteiger partial charge in [0.05, 0.1) is 14.6 Å². The zero-order valence-corrected chi connectivity index (χ0v) is 9.56. The van der Waals surface area contributed by atoms with Crippen molar-refractivity contribution in [2.75, 3.05) is 13.6 Å². The van der Waals surface area contributed by atoms with Gasteiger partial charge in [0.25, 0.3) is 0 Å². The lowest BCUT2D eigenvalue weighted by Crippen LogP contribution is -2.12. The van der Waals surface area contributed by atoms with Crippen LogP contribution >= 0.6 is 0 Å².